The predicted octanol–water partition coefficient (Wildman–Crippen LogP) is 1.20. The van der Waals surface area contributed by atoms with Crippen LogP contribution in [0.25, 0.3) is 0 Å². The zero-order valence-electron chi connectivity index (χ0n) is 6.62. The van der Waals surface area contributed by atoms with Gasteiger partial charge in [0.25, 0.3) is 0 Å². The van der Waals surface area contributed by atoms with Crippen LogP contribution in [0.2, 0.25) is 0 Å². The summed E-state index contributed by atoms with van der Waals surface area (Å²) in [6, 6.07) is 9.27. The van der Waals surface area contributed by atoms with Gasteiger partial charge < -0.3 is 5.11 Å². The minimum Gasteiger partial charge on any atom is -0.372 e. The van der Waals surface area contributed by atoms with Crippen LogP contribution in [0.15, 0.2) is 30.3 Å². The van der Waals surface area contributed by atoms with Crippen molar-refractivity contribution in [3.8, 4) is 0 Å². The lowest BCUT2D eigenvalue weighted by molar-refractivity contribution is 0.0395. The van der Waals surface area contributed by atoms with Gasteiger partial charge in [0.1, 0.15) is 5.72 Å². The van der Waals surface area contributed by atoms with E-state index in [1.54, 1.807) is 0 Å². The lowest BCUT2D eigenvalue weighted by Crippen LogP contribution is -2.35. The van der Waals surface area contributed by atoms with Crippen LogP contribution in [-0.4, -0.2) is 5.11 Å². The fraction of sp³-hybridized carbons (Fsp3) is 0.333. The summed E-state index contributed by atoms with van der Waals surface area (Å²) in [6.07, 6.45) is 0.525. The second-order valence-corrected chi connectivity index (χ2v) is 2.64. The number of nitrogens with two attached hydrogens (primary N) is 1. The first-order chi connectivity index (χ1) is 5.17. The van der Waals surface area contributed by atoms with E-state index >= 15 is 0 Å². The van der Waals surface area contributed by atoms with Gasteiger partial charge >= 0.3 is 0 Å². The smallest absolute Gasteiger partial charge is 0.139 e. The topological polar surface area (TPSA) is 46.2 Å². The minimum absolute atomic E-state index is 0.525. The van der Waals surface area contributed by atoms with Gasteiger partial charge in [0.2, 0.25) is 0 Å². The summed E-state index contributed by atoms with van der Waals surface area (Å²) in [7, 11) is 0. The molecule has 60 valence electrons. The fourth-order valence-electron chi connectivity index (χ4n) is 0.931. The zero-order chi connectivity index (χ0) is 8.32. The van der Waals surface area contributed by atoms with Gasteiger partial charge in [-0.15, -0.1) is 0 Å². The molecule has 2 nitrogen and oxygen atoms in total. The van der Waals surface area contributed by atoms with E-state index in [1.807, 2.05) is 37.3 Å². The maximum absolute atomic E-state index is 9.57. The molecular formula is C9H13NO. The summed E-state index contributed by atoms with van der Waals surface area (Å²) >= 11 is 0. The second-order valence-electron chi connectivity index (χ2n) is 2.64. The molecule has 1 atom stereocenters. The quantitative estimate of drug-likeness (QED) is 0.624. The Morgan fingerprint density at radius 3 is 2.36 bits per heavy atom. The molecule has 0 aromatic heterocycles. The van der Waals surface area contributed by atoms with E-state index in [9.17, 15) is 5.11 Å². The molecule has 0 spiro atoms. The highest BCUT2D eigenvalue weighted by molar-refractivity contribution is 5.20. The fourth-order valence-corrected chi connectivity index (χ4v) is 0.931. The monoisotopic (exact) mass is 151 g/mol. The van der Waals surface area contributed by atoms with Crippen molar-refractivity contribution in [3.05, 3.63) is 35.9 Å². The molecule has 11 heavy (non-hydrogen) atoms. The zero-order valence-corrected chi connectivity index (χ0v) is 6.62. The molecule has 0 unspecified atom stereocenters. The Morgan fingerprint density at radius 2 is 1.91 bits per heavy atom. The number of hydrogen-bond donors (Lipinski definition) is 2. The van der Waals surface area contributed by atoms with E-state index in [2.05, 4.69) is 0 Å². The highest BCUT2D eigenvalue weighted by Gasteiger charge is 2.19. The summed E-state index contributed by atoms with van der Waals surface area (Å²) in [5.74, 6) is 0. The van der Waals surface area contributed by atoms with Crippen LogP contribution in [-0.2, 0) is 5.72 Å². The van der Waals surface area contributed by atoms with Crippen molar-refractivity contribution < 1.29 is 5.11 Å². The van der Waals surface area contributed by atoms with E-state index in [-0.39, 0.29) is 0 Å². The van der Waals surface area contributed by atoms with Crippen molar-refractivity contribution in [1.29, 1.82) is 0 Å². The maximum atomic E-state index is 9.57. The highest BCUT2D eigenvalue weighted by Crippen LogP contribution is 2.17. The van der Waals surface area contributed by atoms with E-state index in [0.717, 1.165) is 5.56 Å². The van der Waals surface area contributed by atoms with Crippen LogP contribution < -0.4 is 5.73 Å². The van der Waals surface area contributed by atoms with Crippen LogP contribution in [0.3, 0.4) is 0 Å². The minimum atomic E-state index is -1.17. The lowest BCUT2D eigenvalue weighted by atomic mass is 10.0. The molecule has 3 N–H and O–H groups in total. The van der Waals surface area contributed by atoms with Gasteiger partial charge in [0.05, 0.1) is 0 Å². The van der Waals surface area contributed by atoms with Gasteiger partial charge in [-0.1, -0.05) is 37.3 Å². The van der Waals surface area contributed by atoms with Crippen molar-refractivity contribution >= 4 is 0 Å². The molecule has 0 bridgehead atoms. The molecule has 0 aliphatic carbocycles. The van der Waals surface area contributed by atoms with E-state index < -0.39 is 5.72 Å². The van der Waals surface area contributed by atoms with Gasteiger partial charge in [-0.05, 0) is 12.0 Å². The Kier molecular flexibility index (Phi) is 2.27. The van der Waals surface area contributed by atoms with E-state index in [4.69, 9.17) is 5.73 Å². The van der Waals surface area contributed by atoms with Gasteiger partial charge in [0, 0.05) is 0 Å². The maximum Gasteiger partial charge on any atom is 0.139 e. The standard InChI is InChI=1S/C9H13NO/c1-2-9(10,11)8-6-4-3-5-7-8/h3-7,11H,2,10H2,1H3/t9-/m1/s1. The summed E-state index contributed by atoms with van der Waals surface area (Å²) in [4.78, 5) is 0. The first-order valence-electron chi connectivity index (χ1n) is 3.73. The summed E-state index contributed by atoms with van der Waals surface area (Å²) in [5, 5.41) is 9.57. The average molecular weight is 151 g/mol. The summed E-state index contributed by atoms with van der Waals surface area (Å²) in [6.45, 7) is 1.85. The van der Waals surface area contributed by atoms with Crippen molar-refractivity contribution in [2.24, 2.45) is 5.73 Å². The van der Waals surface area contributed by atoms with Crippen LogP contribution in [0.5, 0.6) is 0 Å². The van der Waals surface area contributed by atoms with Crippen molar-refractivity contribution in [2.45, 2.75) is 19.1 Å². The normalized spacial score (nSPS) is 15.9. The molecule has 0 aliphatic heterocycles. The lowest BCUT2D eigenvalue weighted by Gasteiger charge is -2.21. The molecule has 0 radical (unpaired) electrons. The largest absolute Gasteiger partial charge is 0.372 e. The molecular weight excluding hydrogens is 138 g/mol. The van der Waals surface area contributed by atoms with E-state index in [1.165, 1.54) is 0 Å². The Hall–Kier alpha value is -0.860. The van der Waals surface area contributed by atoms with Crippen LogP contribution in [0.1, 0.15) is 18.9 Å². The molecule has 1 aromatic rings. The third-order valence-electron chi connectivity index (χ3n) is 1.81. The molecule has 0 heterocycles. The SMILES string of the molecule is CC[C@@](N)(O)c1ccccc1. The third-order valence-corrected chi connectivity index (χ3v) is 1.81. The number of hydrogen-bond acceptors (Lipinski definition) is 2. The van der Waals surface area contributed by atoms with Crippen molar-refractivity contribution in [2.75, 3.05) is 0 Å². The van der Waals surface area contributed by atoms with Crippen molar-refractivity contribution in [3.63, 3.8) is 0 Å². The Balaban J connectivity index is 2.93. The molecule has 0 saturated carbocycles. The predicted molar refractivity (Wildman–Crippen MR) is 44.8 cm³/mol. The first-order valence-corrected chi connectivity index (χ1v) is 3.73. The van der Waals surface area contributed by atoms with Gasteiger partial charge in [-0.2, -0.15) is 0 Å². The third kappa shape index (κ3) is 1.79. The molecule has 1 aromatic carbocycles. The molecule has 0 aliphatic rings. The molecule has 2 heteroatoms. The summed E-state index contributed by atoms with van der Waals surface area (Å²) < 4.78 is 0. The van der Waals surface area contributed by atoms with Gasteiger partial charge in [-0.3, -0.25) is 5.73 Å². The number of aliphatic hydroxyl groups is 1. The van der Waals surface area contributed by atoms with Gasteiger partial charge in [0.15, 0.2) is 0 Å². The van der Waals surface area contributed by atoms with Crippen LogP contribution in [0, 0.1) is 0 Å². The number of rotatable bonds is 2. The number of benzene rings is 1. The first kappa shape index (κ1) is 8.24. The molecule has 0 amide bonds. The highest BCUT2D eigenvalue weighted by atomic mass is 16.3. The van der Waals surface area contributed by atoms with E-state index in [0.29, 0.717) is 6.42 Å². The second kappa shape index (κ2) is 3.03. The molecule has 0 fully saturated rings. The van der Waals surface area contributed by atoms with Crippen LogP contribution >= 0.6 is 0 Å². The van der Waals surface area contributed by atoms with Gasteiger partial charge in [-0.25, -0.2) is 0 Å². The Morgan fingerprint density at radius 1 is 1.36 bits per heavy atom. The van der Waals surface area contributed by atoms with Crippen LogP contribution in [0.4, 0.5) is 0 Å². The Bertz CT molecular complexity index is 218. The summed E-state index contributed by atoms with van der Waals surface area (Å²) in [5.41, 5.74) is 5.19. The molecule has 0 saturated heterocycles. The molecule has 1 rings (SSSR count). The van der Waals surface area contributed by atoms with Crippen molar-refractivity contribution in [1.82, 2.24) is 0 Å². The average Bonchev–Trinajstić information content (AvgIpc) is 2.06. The Labute approximate surface area is 66.7 Å².